The van der Waals surface area contributed by atoms with Gasteiger partial charge < -0.3 is 20.5 Å². The number of alkyl halides is 3. The van der Waals surface area contributed by atoms with Crippen molar-refractivity contribution in [2.75, 3.05) is 26.7 Å². The SMILES string of the molecule is COc1ccc(-c2ccc(C(=O)NCC3CCNC3)c(F)c2)cc1.O=C(O)C(F)(F)F. The first-order chi connectivity index (χ1) is 14.6. The summed E-state index contributed by atoms with van der Waals surface area (Å²) in [5.74, 6) is -2.45. The third-order valence-electron chi connectivity index (χ3n) is 4.59. The zero-order valence-corrected chi connectivity index (χ0v) is 16.6. The first-order valence-electron chi connectivity index (χ1n) is 9.34. The molecule has 0 spiro atoms. The zero-order valence-electron chi connectivity index (χ0n) is 16.6. The molecule has 10 heteroatoms. The van der Waals surface area contributed by atoms with E-state index in [0.29, 0.717) is 12.5 Å². The lowest BCUT2D eigenvalue weighted by Crippen LogP contribution is -2.30. The number of amides is 1. The number of ether oxygens (including phenoxy) is 1. The fourth-order valence-electron chi connectivity index (χ4n) is 2.88. The Morgan fingerprint density at radius 1 is 1.16 bits per heavy atom. The topological polar surface area (TPSA) is 87.7 Å². The largest absolute Gasteiger partial charge is 0.497 e. The minimum Gasteiger partial charge on any atom is -0.497 e. The van der Waals surface area contributed by atoms with Gasteiger partial charge in [-0.3, -0.25) is 4.79 Å². The van der Waals surface area contributed by atoms with Crippen molar-refractivity contribution in [1.29, 1.82) is 0 Å². The lowest BCUT2D eigenvalue weighted by atomic mass is 10.0. The molecule has 1 amide bonds. The Balaban J connectivity index is 0.000000423. The highest BCUT2D eigenvalue weighted by atomic mass is 19.4. The number of carbonyl (C=O) groups excluding carboxylic acids is 1. The summed E-state index contributed by atoms with van der Waals surface area (Å²) >= 11 is 0. The molecule has 3 N–H and O–H groups in total. The number of methoxy groups -OCH3 is 1. The maximum atomic E-state index is 14.3. The van der Waals surface area contributed by atoms with Crippen molar-refractivity contribution in [3.05, 3.63) is 53.8 Å². The number of carbonyl (C=O) groups is 2. The van der Waals surface area contributed by atoms with Crippen molar-refractivity contribution in [3.63, 3.8) is 0 Å². The summed E-state index contributed by atoms with van der Waals surface area (Å²) in [6.45, 7) is 2.45. The van der Waals surface area contributed by atoms with E-state index in [0.717, 1.165) is 36.4 Å². The maximum absolute atomic E-state index is 14.3. The van der Waals surface area contributed by atoms with Gasteiger partial charge in [0.2, 0.25) is 0 Å². The molecule has 2 aromatic rings. The van der Waals surface area contributed by atoms with Crippen LogP contribution in [0.15, 0.2) is 42.5 Å². The van der Waals surface area contributed by atoms with Crippen molar-refractivity contribution < 1.29 is 37.0 Å². The van der Waals surface area contributed by atoms with Crippen LogP contribution in [0.25, 0.3) is 11.1 Å². The third-order valence-corrected chi connectivity index (χ3v) is 4.59. The van der Waals surface area contributed by atoms with Crippen molar-refractivity contribution >= 4 is 11.9 Å². The average molecular weight is 442 g/mol. The van der Waals surface area contributed by atoms with E-state index in [1.165, 1.54) is 12.1 Å². The summed E-state index contributed by atoms with van der Waals surface area (Å²) in [5, 5.41) is 13.2. The van der Waals surface area contributed by atoms with Crippen LogP contribution in [0.1, 0.15) is 16.8 Å². The molecule has 0 radical (unpaired) electrons. The zero-order chi connectivity index (χ0) is 23.0. The molecule has 1 heterocycles. The van der Waals surface area contributed by atoms with Gasteiger partial charge in [-0.2, -0.15) is 13.2 Å². The lowest BCUT2D eigenvalue weighted by Gasteiger charge is -2.11. The number of hydrogen-bond acceptors (Lipinski definition) is 4. The van der Waals surface area contributed by atoms with Gasteiger partial charge in [0.25, 0.3) is 5.91 Å². The number of benzene rings is 2. The van der Waals surface area contributed by atoms with E-state index in [1.807, 2.05) is 24.3 Å². The summed E-state index contributed by atoms with van der Waals surface area (Å²) in [7, 11) is 1.60. The summed E-state index contributed by atoms with van der Waals surface area (Å²) in [6, 6.07) is 12.1. The van der Waals surface area contributed by atoms with Crippen molar-refractivity contribution in [1.82, 2.24) is 10.6 Å². The second-order valence-electron chi connectivity index (χ2n) is 6.79. The van der Waals surface area contributed by atoms with E-state index < -0.39 is 18.0 Å². The highest BCUT2D eigenvalue weighted by Crippen LogP contribution is 2.24. The molecule has 168 valence electrons. The number of aliphatic carboxylic acids is 1. The van der Waals surface area contributed by atoms with Gasteiger partial charge in [-0.25, -0.2) is 9.18 Å². The Hall–Kier alpha value is -3.14. The van der Waals surface area contributed by atoms with Gasteiger partial charge in [0.05, 0.1) is 12.7 Å². The molecule has 1 aliphatic heterocycles. The van der Waals surface area contributed by atoms with Gasteiger partial charge in [0, 0.05) is 6.54 Å². The van der Waals surface area contributed by atoms with E-state index in [-0.39, 0.29) is 11.5 Å². The molecule has 1 aliphatic rings. The first kappa shape index (κ1) is 24.1. The highest BCUT2D eigenvalue weighted by Gasteiger charge is 2.38. The van der Waals surface area contributed by atoms with Crippen LogP contribution in [0.2, 0.25) is 0 Å². The summed E-state index contributed by atoms with van der Waals surface area (Å²) in [6.07, 6.45) is -4.04. The van der Waals surface area contributed by atoms with Crippen LogP contribution in [-0.2, 0) is 4.79 Å². The molecule has 0 aliphatic carbocycles. The monoisotopic (exact) mass is 442 g/mol. The molecule has 0 saturated carbocycles. The minimum absolute atomic E-state index is 0.0817. The van der Waals surface area contributed by atoms with Crippen LogP contribution in [-0.4, -0.2) is 49.9 Å². The van der Waals surface area contributed by atoms with Crippen LogP contribution in [0.4, 0.5) is 17.6 Å². The van der Waals surface area contributed by atoms with Crippen molar-refractivity contribution in [2.24, 2.45) is 5.92 Å². The second kappa shape index (κ2) is 10.8. The Morgan fingerprint density at radius 2 is 1.77 bits per heavy atom. The summed E-state index contributed by atoms with van der Waals surface area (Å²) in [4.78, 5) is 21.1. The van der Waals surface area contributed by atoms with Gasteiger partial charge in [-0.1, -0.05) is 18.2 Å². The smallest absolute Gasteiger partial charge is 0.490 e. The quantitative estimate of drug-likeness (QED) is 0.618. The Labute approximate surface area is 176 Å². The minimum atomic E-state index is -5.08. The molecule has 6 nitrogen and oxygen atoms in total. The molecule has 1 atom stereocenters. The van der Waals surface area contributed by atoms with E-state index in [1.54, 1.807) is 13.2 Å². The Kier molecular flexibility index (Phi) is 8.38. The fraction of sp³-hybridized carbons (Fsp3) is 0.333. The molecular formula is C21H22F4N2O4. The number of carboxylic acids is 1. The lowest BCUT2D eigenvalue weighted by molar-refractivity contribution is -0.192. The summed E-state index contributed by atoms with van der Waals surface area (Å²) in [5.41, 5.74) is 1.68. The summed E-state index contributed by atoms with van der Waals surface area (Å²) < 4.78 is 51.2. The van der Waals surface area contributed by atoms with Gasteiger partial charge in [0.15, 0.2) is 0 Å². The Bertz CT molecular complexity index is 895. The third kappa shape index (κ3) is 7.25. The van der Waals surface area contributed by atoms with E-state index >= 15 is 0 Å². The Morgan fingerprint density at radius 3 is 2.26 bits per heavy atom. The molecule has 1 fully saturated rings. The molecule has 1 saturated heterocycles. The number of carboxylic acid groups (broad SMARTS) is 1. The van der Waals surface area contributed by atoms with Crippen LogP contribution in [0.3, 0.4) is 0 Å². The molecule has 31 heavy (non-hydrogen) atoms. The number of halogens is 4. The fourth-order valence-corrected chi connectivity index (χ4v) is 2.88. The molecule has 3 rings (SSSR count). The maximum Gasteiger partial charge on any atom is 0.490 e. The van der Waals surface area contributed by atoms with Gasteiger partial charge >= 0.3 is 12.1 Å². The predicted molar refractivity (Wildman–Crippen MR) is 105 cm³/mol. The van der Waals surface area contributed by atoms with E-state index in [4.69, 9.17) is 14.6 Å². The second-order valence-corrected chi connectivity index (χ2v) is 6.79. The molecule has 2 aromatic carbocycles. The molecular weight excluding hydrogens is 420 g/mol. The molecule has 0 bridgehead atoms. The van der Waals surface area contributed by atoms with Gasteiger partial charge in [-0.15, -0.1) is 0 Å². The van der Waals surface area contributed by atoms with Crippen molar-refractivity contribution in [2.45, 2.75) is 12.6 Å². The van der Waals surface area contributed by atoms with Crippen LogP contribution < -0.4 is 15.4 Å². The van der Waals surface area contributed by atoms with E-state index in [9.17, 15) is 22.4 Å². The number of rotatable bonds is 5. The van der Waals surface area contributed by atoms with Crippen molar-refractivity contribution in [3.8, 4) is 16.9 Å². The van der Waals surface area contributed by atoms with Gasteiger partial charge in [0.1, 0.15) is 11.6 Å². The predicted octanol–water partition coefficient (Wildman–Crippen LogP) is 3.47. The molecule has 0 aromatic heterocycles. The molecule has 1 unspecified atom stereocenters. The van der Waals surface area contributed by atoms with Crippen LogP contribution in [0.5, 0.6) is 5.75 Å². The average Bonchev–Trinajstić information content (AvgIpc) is 3.25. The first-order valence-corrected chi connectivity index (χ1v) is 9.34. The standard InChI is InChI=1S/C19H21FN2O2.C2HF3O2/c1-24-16-5-2-14(3-6-16)15-4-7-17(18(20)10-15)19(23)22-12-13-8-9-21-11-13;3-2(4,5)1(6)7/h2-7,10,13,21H,8-9,11-12H2,1H3,(H,22,23);(H,6,7). The normalized spacial score (nSPS) is 15.6. The number of nitrogens with one attached hydrogen (secondary N) is 2. The van der Waals surface area contributed by atoms with E-state index in [2.05, 4.69) is 10.6 Å². The van der Waals surface area contributed by atoms with Crippen LogP contribution >= 0.6 is 0 Å². The van der Waals surface area contributed by atoms with Gasteiger partial charge in [-0.05, 0) is 60.8 Å². The number of hydrogen-bond donors (Lipinski definition) is 3. The highest BCUT2D eigenvalue weighted by molar-refractivity contribution is 5.95. The van der Waals surface area contributed by atoms with Crippen LogP contribution in [0, 0.1) is 11.7 Å².